The minimum atomic E-state index is -4.07. The van der Waals surface area contributed by atoms with Gasteiger partial charge in [0.25, 0.3) is 10.0 Å². The van der Waals surface area contributed by atoms with Crippen LogP contribution in [0.3, 0.4) is 0 Å². The molecular weight excluding hydrogens is 498 g/mol. The van der Waals surface area contributed by atoms with Crippen LogP contribution in [0.2, 0.25) is 0 Å². The largest absolute Gasteiger partial charge is 0.354 e. The van der Waals surface area contributed by atoms with Crippen LogP contribution in [0, 0.1) is 20.8 Å². The van der Waals surface area contributed by atoms with E-state index in [4.69, 9.17) is 0 Å². The van der Waals surface area contributed by atoms with Crippen LogP contribution in [0.15, 0.2) is 77.7 Å². The van der Waals surface area contributed by atoms with E-state index in [-0.39, 0.29) is 17.3 Å². The maximum absolute atomic E-state index is 13.9. The zero-order valence-electron chi connectivity index (χ0n) is 22.8. The number of hydrogen-bond donors (Lipinski definition) is 1. The van der Waals surface area contributed by atoms with Crippen molar-refractivity contribution in [2.24, 2.45) is 0 Å². The maximum atomic E-state index is 13.9. The summed E-state index contributed by atoms with van der Waals surface area (Å²) in [7, 11) is -4.07. The van der Waals surface area contributed by atoms with Gasteiger partial charge in [-0.1, -0.05) is 55.5 Å². The number of aryl methyl sites for hydroxylation is 3. The van der Waals surface area contributed by atoms with Gasteiger partial charge in [0.05, 0.1) is 10.6 Å². The third-order valence-corrected chi connectivity index (χ3v) is 8.50. The van der Waals surface area contributed by atoms with Crippen molar-refractivity contribution in [1.82, 2.24) is 10.2 Å². The lowest BCUT2D eigenvalue weighted by Crippen LogP contribution is -2.51. The normalized spacial score (nSPS) is 12.0. The fraction of sp³-hybridized carbons (Fsp3) is 0.333. The molecule has 0 saturated heterocycles. The molecule has 1 atom stereocenters. The van der Waals surface area contributed by atoms with Gasteiger partial charge in [-0.05, 0) is 80.6 Å². The van der Waals surface area contributed by atoms with E-state index in [1.54, 1.807) is 37.3 Å². The van der Waals surface area contributed by atoms with Gasteiger partial charge in [-0.15, -0.1) is 0 Å². The Morgan fingerprint density at radius 3 is 2.16 bits per heavy atom. The molecule has 0 fully saturated rings. The Hall–Kier alpha value is -3.65. The van der Waals surface area contributed by atoms with Gasteiger partial charge >= 0.3 is 0 Å². The highest BCUT2D eigenvalue weighted by Gasteiger charge is 2.32. The lowest BCUT2D eigenvalue weighted by molar-refractivity contribution is -0.139. The molecule has 1 unspecified atom stereocenters. The van der Waals surface area contributed by atoms with Gasteiger partial charge in [-0.25, -0.2) is 8.42 Å². The Morgan fingerprint density at radius 1 is 0.868 bits per heavy atom. The molecule has 3 aromatic rings. The van der Waals surface area contributed by atoms with E-state index in [0.717, 1.165) is 33.0 Å². The summed E-state index contributed by atoms with van der Waals surface area (Å²) in [5.41, 5.74) is 4.19. The summed E-state index contributed by atoms with van der Waals surface area (Å²) in [6.45, 7) is 9.65. The molecule has 3 aromatic carbocycles. The summed E-state index contributed by atoms with van der Waals surface area (Å²) in [5.74, 6) is -0.748. The Balaban J connectivity index is 2.04. The molecule has 0 aliphatic heterocycles. The number of sulfonamides is 1. The maximum Gasteiger partial charge on any atom is 0.264 e. The minimum Gasteiger partial charge on any atom is -0.354 e. The van der Waals surface area contributed by atoms with Crippen molar-refractivity contribution in [3.05, 3.63) is 95.1 Å². The zero-order chi connectivity index (χ0) is 27.9. The molecular formula is C30H37N3O4S. The smallest absolute Gasteiger partial charge is 0.264 e. The van der Waals surface area contributed by atoms with E-state index >= 15 is 0 Å². The number of benzene rings is 3. The van der Waals surface area contributed by atoms with E-state index in [2.05, 4.69) is 5.32 Å². The highest BCUT2D eigenvalue weighted by atomic mass is 32.2. The highest BCUT2D eigenvalue weighted by Crippen LogP contribution is 2.26. The first kappa shape index (κ1) is 28.9. The van der Waals surface area contributed by atoms with Crippen LogP contribution in [-0.4, -0.2) is 44.3 Å². The summed E-state index contributed by atoms with van der Waals surface area (Å²) in [6, 6.07) is 20.2. The van der Waals surface area contributed by atoms with Gasteiger partial charge in [-0.3, -0.25) is 13.9 Å². The quantitative estimate of drug-likeness (QED) is 0.384. The molecule has 3 rings (SSSR count). The Morgan fingerprint density at radius 2 is 1.53 bits per heavy atom. The van der Waals surface area contributed by atoms with Crippen molar-refractivity contribution in [1.29, 1.82) is 0 Å². The first-order valence-electron chi connectivity index (χ1n) is 12.8. The molecule has 0 aromatic heterocycles. The van der Waals surface area contributed by atoms with Gasteiger partial charge in [0.15, 0.2) is 0 Å². The van der Waals surface area contributed by atoms with Crippen molar-refractivity contribution in [2.45, 2.75) is 58.5 Å². The molecule has 7 nitrogen and oxygen atoms in total. The molecule has 0 aliphatic carbocycles. The first-order valence-corrected chi connectivity index (χ1v) is 14.3. The molecule has 1 N–H and O–H groups in total. The fourth-order valence-electron chi connectivity index (χ4n) is 4.08. The van der Waals surface area contributed by atoms with Crippen LogP contribution in [0.1, 0.15) is 42.5 Å². The fourth-order valence-corrected chi connectivity index (χ4v) is 5.51. The molecule has 0 aliphatic rings. The van der Waals surface area contributed by atoms with Gasteiger partial charge in [0, 0.05) is 13.1 Å². The number of rotatable bonds is 11. The average molecular weight is 536 g/mol. The standard InChI is InChI=1S/C30H37N3O4S/c1-6-18-31-30(35)25(5)32(20-26-13-11-10-12-23(26)3)29(34)21-33(27-17-16-22(2)24(4)19-27)38(36,37)28-14-8-7-9-15-28/h7-17,19,25H,6,18,20-21H2,1-5H3,(H,31,35). The lowest BCUT2D eigenvalue weighted by Gasteiger charge is -2.32. The van der Waals surface area contributed by atoms with Gasteiger partial charge in [-0.2, -0.15) is 0 Å². The second-order valence-electron chi connectivity index (χ2n) is 9.51. The average Bonchev–Trinajstić information content (AvgIpc) is 2.91. The van der Waals surface area contributed by atoms with E-state index in [1.165, 1.54) is 17.0 Å². The third-order valence-electron chi connectivity index (χ3n) is 6.71. The van der Waals surface area contributed by atoms with Crippen molar-refractivity contribution in [2.75, 3.05) is 17.4 Å². The molecule has 0 radical (unpaired) electrons. The van der Waals surface area contributed by atoms with Gasteiger partial charge in [0.1, 0.15) is 12.6 Å². The van der Waals surface area contributed by atoms with Crippen LogP contribution in [0.5, 0.6) is 0 Å². The van der Waals surface area contributed by atoms with Crippen LogP contribution in [-0.2, 0) is 26.2 Å². The van der Waals surface area contributed by atoms with Crippen molar-refractivity contribution in [3.8, 4) is 0 Å². The zero-order valence-corrected chi connectivity index (χ0v) is 23.6. The molecule has 0 heterocycles. The number of carbonyl (C=O) groups excluding carboxylic acids is 2. The second kappa shape index (κ2) is 12.7. The number of nitrogens with one attached hydrogen (secondary N) is 1. The van der Waals surface area contributed by atoms with Crippen molar-refractivity contribution < 1.29 is 18.0 Å². The number of amides is 2. The Bertz CT molecular complexity index is 1370. The molecule has 202 valence electrons. The number of hydrogen-bond acceptors (Lipinski definition) is 4. The predicted octanol–water partition coefficient (Wildman–Crippen LogP) is 4.75. The third kappa shape index (κ3) is 6.81. The predicted molar refractivity (Wildman–Crippen MR) is 151 cm³/mol. The summed E-state index contributed by atoms with van der Waals surface area (Å²) in [6.07, 6.45) is 0.764. The van der Waals surface area contributed by atoms with E-state index in [0.29, 0.717) is 12.2 Å². The summed E-state index contributed by atoms with van der Waals surface area (Å²) < 4.78 is 28.8. The number of carbonyl (C=O) groups is 2. The number of nitrogens with zero attached hydrogens (tertiary/aromatic N) is 2. The first-order chi connectivity index (χ1) is 18.1. The van der Waals surface area contributed by atoms with E-state index in [1.807, 2.05) is 58.0 Å². The van der Waals surface area contributed by atoms with E-state index in [9.17, 15) is 18.0 Å². The van der Waals surface area contributed by atoms with Crippen LogP contribution >= 0.6 is 0 Å². The summed E-state index contributed by atoms with van der Waals surface area (Å²) >= 11 is 0. The molecule has 0 saturated carbocycles. The minimum absolute atomic E-state index is 0.0882. The molecule has 0 spiro atoms. The Kier molecular flexibility index (Phi) is 9.69. The summed E-state index contributed by atoms with van der Waals surface area (Å²) in [4.78, 5) is 28.4. The van der Waals surface area contributed by atoms with Crippen LogP contribution in [0.4, 0.5) is 5.69 Å². The molecule has 0 bridgehead atoms. The van der Waals surface area contributed by atoms with Gasteiger partial charge < -0.3 is 10.2 Å². The molecule has 38 heavy (non-hydrogen) atoms. The number of anilines is 1. The molecule has 8 heteroatoms. The van der Waals surface area contributed by atoms with Crippen molar-refractivity contribution >= 4 is 27.5 Å². The topological polar surface area (TPSA) is 86.8 Å². The van der Waals surface area contributed by atoms with Gasteiger partial charge in [0.2, 0.25) is 11.8 Å². The SMILES string of the molecule is CCCNC(=O)C(C)N(Cc1ccccc1C)C(=O)CN(c1ccc(C)c(C)c1)S(=O)(=O)c1ccccc1. The second-order valence-corrected chi connectivity index (χ2v) is 11.4. The summed E-state index contributed by atoms with van der Waals surface area (Å²) in [5, 5.41) is 2.86. The monoisotopic (exact) mass is 535 g/mol. The lowest BCUT2D eigenvalue weighted by atomic mass is 10.1. The van der Waals surface area contributed by atoms with Crippen LogP contribution in [0.25, 0.3) is 0 Å². The van der Waals surface area contributed by atoms with Crippen molar-refractivity contribution in [3.63, 3.8) is 0 Å². The van der Waals surface area contributed by atoms with Crippen LogP contribution < -0.4 is 9.62 Å². The van der Waals surface area contributed by atoms with E-state index < -0.39 is 28.5 Å². The highest BCUT2D eigenvalue weighted by molar-refractivity contribution is 7.92. The molecule has 2 amide bonds. The Labute approximate surface area is 226 Å².